The number of nitrogens with zero attached hydrogens (tertiary/aromatic N) is 2. The Kier molecular flexibility index (Phi) is 3.90. The predicted octanol–water partition coefficient (Wildman–Crippen LogP) is 2.77. The lowest BCUT2D eigenvalue weighted by molar-refractivity contribution is 0.0691. The van der Waals surface area contributed by atoms with Gasteiger partial charge in [-0.2, -0.15) is 5.10 Å². The maximum absolute atomic E-state index is 11.1. The minimum Gasteiger partial charge on any atom is -0.486 e. The topological polar surface area (TPSA) is 64.3 Å². The zero-order chi connectivity index (χ0) is 14.0. The fourth-order valence-electron chi connectivity index (χ4n) is 1.75. The van der Waals surface area contributed by atoms with Crippen LogP contribution in [0.2, 0.25) is 0 Å². The van der Waals surface area contributed by atoms with Gasteiger partial charge in [-0.05, 0) is 31.2 Å². The van der Waals surface area contributed by atoms with E-state index >= 15 is 0 Å². The molecule has 5 nitrogen and oxygen atoms in total. The second-order valence-electron chi connectivity index (χ2n) is 4.13. The van der Waals surface area contributed by atoms with E-state index in [0.29, 0.717) is 10.2 Å². The van der Waals surface area contributed by atoms with Gasteiger partial charge in [-0.25, -0.2) is 4.79 Å². The zero-order valence-corrected chi connectivity index (χ0v) is 12.1. The van der Waals surface area contributed by atoms with Gasteiger partial charge in [0, 0.05) is 11.5 Å². The van der Waals surface area contributed by atoms with E-state index in [1.54, 1.807) is 16.8 Å². The summed E-state index contributed by atoms with van der Waals surface area (Å²) in [5, 5.41) is 13.3. The summed E-state index contributed by atoms with van der Waals surface area (Å²) >= 11 is 3.24. The summed E-state index contributed by atoms with van der Waals surface area (Å²) in [6, 6.07) is 6.80. The van der Waals surface area contributed by atoms with Crippen LogP contribution < -0.4 is 4.74 Å². The van der Waals surface area contributed by atoms with E-state index in [0.717, 1.165) is 11.4 Å². The summed E-state index contributed by atoms with van der Waals surface area (Å²) < 4.78 is 7.99. The van der Waals surface area contributed by atoms with Crippen molar-refractivity contribution < 1.29 is 14.6 Å². The highest BCUT2D eigenvalue weighted by Crippen LogP contribution is 2.24. The maximum Gasteiger partial charge on any atom is 0.339 e. The molecule has 0 aliphatic carbocycles. The number of aromatic carboxylic acids is 1. The van der Waals surface area contributed by atoms with Crippen LogP contribution in [0.25, 0.3) is 0 Å². The van der Waals surface area contributed by atoms with Crippen molar-refractivity contribution in [1.82, 2.24) is 9.78 Å². The van der Waals surface area contributed by atoms with Gasteiger partial charge in [0.25, 0.3) is 0 Å². The number of carboxylic acid groups (broad SMARTS) is 1. The average Bonchev–Trinajstić information content (AvgIpc) is 2.66. The first-order valence-corrected chi connectivity index (χ1v) is 6.42. The van der Waals surface area contributed by atoms with Gasteiger partial charge in [0.15, 0.2) is 0 Å². The van der Waals surface area contributed by atoms with Gasteiger partial charge in [-0.3, -0.25) is 4.68 Å². The second-order valence-corrected chi connectivity index (χ2v) is 5.05. The van der Waals surface area contributed by atoms with Crippen molar-refractivity contribution >= 4 is 21.9 Å². The predicted molar refractivity (Wildman–Crippen MR) is 73.4 cm³/mol. The Labute approximate surface area is 118 Å². The lowest BCUT2D eigenvalue weighted by Crippen LogP contribution is -2.06. The van der Waals surface area contributed by atoms with Gasteiger partial charge >= 0.3 is 5.97 Å². The Balaban J connectivity index is 2.20. The molecule has 0 spiro atoms. The van der Waals surface area contributed by atoms with Crippen LogP contribution >= 0.6 is 15.9 Å². The molecule has 0 aliphatic rings. The fraction of sp³-hybridized carbons (Fsp3) is 0.231. The van der Waals surface area contributed by atoms with Crippen LogP contribution in [-0.2, 0) is 13.7 Å². The molecule has 0 fully saturated rings. The minimum atomic E-state index is -1.02. The van der Waals surface area contributed by atoms with Gasteiger partial charge in [-0.1, -0.05) is 15.9 Å². The minimum absolute atomic E-state index is 0.133. The quantitative estimate of drug-likeness (QED) is 0.939. The van der Waals surface area contributed by atoms with Crippen molar-refractivity contribution in [2.45, 2.75) is 13.5 Å². The summed E-state index contributed by atoms with van der Waals surface area (Å²) in [7, 11) is 1.82. The van der Waals surface area contributed by atoms with Crippen molar-refractivity contribution in [1.29, 1.82) is 0 Å². The first-order chi connectivity index (χ1) is 8.97. The molecule has 0 aliphatic heterocycles. The number of carboxylic acids is 1. The van der Waals surface area contributed by atoms with Crippen LogP contribution in [-0.4, -0.2) is 20.9 Å². The number of halogens is 1. The lowest BCUT2D eigenvalue weighted by Gasteiger charge is -2.09. The zero-order valence-electron chi connectivity index (χ0n) is 10.6. The molecule has 2 rings (SSSR count). The summed E-state index contributed by atoms with van der Waals surface area (Å²) in [6.07, 6.45) is 0. The van der Waals surface area contributed by atoms with Crippen LogP contribution in [0.15, 0.2) is 28.7 Å². The van der Waals surface area contributed by atoms with Crippen LogP contribution in [0, 0.1) is 6.92 Å². The highest BCUT2D eigenvalue weighted by Gasteiger charge is 2.12. The summed E-state index contributed by atoms with van der Waals surface area (Å²) in [6.45, 7) is 2.17. The van der Waals surface area contributed by atoms with Gasteiger partial charge in [0.2, 0.25) is 0 Å². The molecule has 2 aromatic rings. The van der Waals surface area contributed by atoms with E-state index in [1.807, 2.05) is 20.0 Å². The van der Waals surface area contributed by atoms with Gasteiger partial charge < -0.3 is 9.84 Å². The summed E-state index contributed by atoms with van der Waals surface area (Å²) in [5.74, 6) is -0.674. The molecule has 19 heavy (non-hydrogen) atoms. The van der Waals surface area contributed by atoms with Crippen molar-refractivity contribution in [2.24, 2.45) is 7.05 Å². The Morgan fingerprint density at radius 1 is 1.47 bits per heavy atom. The molecule has 0 amide bonds. The molecular formula is C13H13BrN2O3. The number of carbonyl (C=O) groups is 1. The number of aryl methyl sites for hydroxylation is 2. The molecule has 1 N–H and O–H groups in total. The molecular weight excluding hydrogens is 312 g/mol. The van der Waals surface area contributed by atoms with E-state index in [9.17, 15) is 4.79 Å². The molecule has 0 atom stereocenters. The Hall–Kier alpha value is -1.82. The smallest absolute Gasteiger partial charge is 0.339 e. The van der Waals surface area contributed by atoms with Crippen LogP contribution in [0.4, 0.5) is 0 Å². The van der Waals surface area contributed by atoms with E-state index in [4.69, 9.17) is 9.84 Å². The maximum atomic E-state index is 11.1. The lowest BCUT2D eigenvalue weighted by atomic mass is 10.2. The summed E-state index contributed by atoms with van der Waals surface area (Å²) in [5.41, 5.74) is 1.92. The van der Waals surface area contributed by atoms with Gasteiger partial charge in [-0.15, -0.1) is 0 Å². The molecule has 0 saturated carbocycles. The number of ether oxygens (including phenoxy) is 1. The molecule has 1 heterocycles. The molecule has 1 aromatic carbocycles. The molecule has 6 heteroatoms. The van der Waals surface area contributed by atoms with Gasteiger partial charge in [0.05, 0.1) is 11.4 Å². The normalized spacial score (nSPS) is 10.5. The number of aromatic nitrogens is 2. The van der Waals surface area contributed by atoms with Crippen LogP contribution in [0.5, 0.6) is 5.75 Å². The Morgan fingerprint density at radius 3 is 2.79 bits per heavy atom. The number of benzene rings is 1. The number of hydrogen-bond donors (Lipinski definition) is 1. The molecule has 0 bridgehead atoms. The molecule has 100 valence electrons. The van der Waals surface area contributed by atoms with E-state index in [1.165, 1.54) is 6.07 Å². The molecule has 0 radical (unpaired) electrons. The van der Waals surface area contributed by atoms with E-state index in [-0.39, 0.29) is 12.2 Å². The number of rotatable bonds is 4. The third-order valence-corrected chi connectivity index (χ3v) is 3.14. The SMILES string of the molecule is Cc1cc(COc2ccc(Br)cc2C(=O)O)n(C)n1. The van der Waals surface area contributed by atoms with Crippen molar-refractivity contribution in [3.8, 4) is 5.75 Å². The fourth-order valence-corrected chi connectivity index (χ4v) is 2.11. The molecule has 1 aromatic heterocycles. The first kappa shape index (κ1) is 13.6. The first-order valence-electron chi connectivity index (χ1n) is 5.62. The Morgan fingerprint density at radius 2 is 2.21 bits per heavy atom. The highest BCUT2D eigenvalue weighted by atomic mass is 79.9. The van der Waals surface area contributed by atoms with Crippen LogP contribution in [0.3, 0.4) is 0 Å². The van der Waals surface area contributed by atoms with Gasteiger partial charge in [0.1, 0.15) is 17.9 Å². The van der Waals surface area contributed by atoms with Crippen molar-refractivity contribution in [3.63, 3.8) is 0 Å². The third-order valence-electron chi connectivity index (χ3n) is 2.65. The largest absolute Gasteiger partial charge is 0.486 e. The third kappa shape index (κ3) is 3.14. The number of hydrogen-bond acceptors (Lipinski definition) is 3. The Bertz CT molecular complexity index is 622. The van der Waals surface area contributed by atoms with E-state index in [2.05, 4.69) is 21.0 Å². The second kappa shape index (κ2) is 5.44. The molecule has 0 unspecified atom stereocenters. The highest BCUT2D eigenvalue weighted by molar-refractivity contribution is 9.10. The molecule has 0 saturated heterocycles. The van der Waals surface area contributed by atoms with Crippen molar-refractivity contribution in [2.75, 3.05) is 0 Å². The average molecular weight is 325 g/mol. The monoisotopic (exact) mass is 324 g/mol. The van der Waals surface area contributed by atoms with E-state index < -0.39 is 5.97 Å². The van der Waals surface area contributed by atoms with Crippen molar-refractivity contribution in [3.05, 3.63) is 45.7 Å². The summed E-state index contributed by atoms with van der Waals surface area (Å²) in [4.78, 5) is 11.1. The van der Waals surface area contributed by atoms with Crippen LogP contribution in [0.1, 0.15) is 21.7 Å². The standard InChI is InChI=1S/C13H13BrN2O3/c1-8-5-10(16(2)15-8)7-19-12-4-3-9(14)6-11(12)13(17)18/h3-6H,7H2,1-2H3,(H,17,18).